The zero-order chi connectivity index (χ0) is 24.3. The van der Waals surface area contributed by atoms with Gasteiger partial charge in [-0.15, -0.1) is 0 Å². The summed E-state index contributed by atoms with van der Waals surface area (Å²) in [6, 6.07) is 14.2. The molecule has 1 aliphatic heterocycles. The second-order valence-corrected chi connectivity index (χ2v) is 10.3. The number of sulfonamides is 1. The van der Waals surface area contributed by atoms with Crippen molar-refractivity contribution in [3.05, 3.63) is 71.4 Å². The van der Waals surface area contributed by atoms with Crippen molar-refractivity contribution in [3.8, 4) is 0 Å². The summed E-state index contributed by atoms with van der Waals surface area (Å²) in [6.45, 7) is 6.01. The Morgan fingerprint density at radius 1 is 1.09 bits per heavy atom. The summed E-state index contributed by atoms with van der Waals surface area (Å²) < 4.78 is 34.2. The molecule has 0 bridgehead atoms. The van der Waals surface area contributed by atoms with Crippen LogP contribution in [0, 0.1) is 6.92 Å². The number of carbonyl (C=O) groups excluding carboxylic acids is 1. The molecule has 1 N–H and O–H groups in total. The summed E-state index contributed by atoms with van der Waals surface area (Å²) >= 11 is 0. The molecular formula is C24H29N5O4S. The highest BCUT2D eigenvalue weighted by atomic mass is 32.2. The van der Waals surface area contributed by atoms with E-state index in [9.17, 15) is 13.2 Å². The van der Waals surface area contributed by atoms with Gasteiger partial charge in [-0.05, 0) is 36.8 Å². The molecule has 34 heavy (non-hydrogen) atoms. The smallest absolute Gasteiger partial charge is 0.265 e. The van der Waals surface area contributed by atoms with Crippen LogP contribution in [0.5, 0.6) is 0 Å². The van der Waals surface area contributed by atoms with E-state index < -0.39 is 15.9 Å². The van der Waals surface area contributed by atoms with Crippen molar-refractivity contribution in [3.63, 3.8) is 0 Å². The van der Waals surface area contributed by atoms with Gasteiger partial charge >= 0.3 is 0 Å². The van der Waals surface area contributed by atoms with Gasteiger partial charge in [-0.1, -0.05) is 29.8 Å². The number of benzene rings is 2. The van der Waals surface area contributed by atoms with Crippen LogP contribution in [-0.4, -0.2) is 62.4 Å². The number of anilines is 2. The van der Waals surface area contributed by atoms with Crippen molar-refractivity contribution in [2.75, 3.05) is 43.0 Å². The van der Waals surface area contributed by atoms with Crippen molar-refractivity contribution in [1.29, 1.82) is 0 Å². The van der Waals surface area contributed by atoms with Crippen molar-refractivity contribution < 1.29 is 17.9 Å². The highest BCUT2D eigenvalue weighted by Gasteiger charge is 2.28. The van der Waals surface area contributed by atoms with E-state index in [4.69, 9.17) is 4.74 Å². The SMILES string of the molecule is Cc1ccc(S(=O)(=O)N(C)c2c(C(=O)Nc3ccc(CN4CCOCC4)cc3)cnn2C)cc1. The summed E-state index contributed by atoms with van der Waals surface area (Å²) in [5.41, 5.74) is 2.89. The van der Waals surface area contributed by atoms with Crippen molar-refractivity contribution >= 4 is 27.4 Å². The van der Waals surface area contributed by atoms with Crippen LogP contribution in [0.25, 0.3) is 0 Å². The molecule has 180 valence electrons. The quantitative estimate of drug-likeness (QED) is 0.555. The molecule has 3 aromatic rings. The third kappa shape index (κ3) is 5.14. The van der Waals surface area contributed by atoms with E-state index in [1.165, 1.54) is 17.9 Å². The van der Waals surface area contributed by atoms with E-state index in [0.717, 1.165) is 48.3 Å². The molecule has 0 aliphatic carbocycles. The number of nitrogens with one attached hydrogen (secondary N) is 1. The number of morpholine rings is 1. The minimum Gasteiger partial charge on any atom is -0.379 e. The summed E-state index contributed by atoms with van der Waals surface area (Å²) in [7, 11) is -0.846. The number of hydrogen-bond donors (Lipinski definition) is 1. The highest BCUT2D eigenvalue weighted by Crippen LogP contribution is 2.26. The maximum Gasteiger partial charge on any atom is 0.265 e. The van der Waals surface area contributed by atoms with Crippen LogP contribution in [-0.2, 0) is 28.4 Å². The van der Waals surface area contributed by atoms with Crippen LogP contribution >= 0.6 is 0 Å². The lowest BCUT2D eigenvalue weighted by molar-refractivity contribution is 0.0342. The van der Waals surface area contributed by atoms with Gasteiger partial charge in [-0.25, -0.2) is 8.42 Å². The molecule has 0 spiro atoms. The highest BCUT2D eigenvalue weighted by molar-refractivity contribution is 7.92. The molecule has 1 aliphatic rings. The van der Waals surface area contributed by atoms with Gasteiger partial charge in [0.25, 0.3) is 15.9 Å². The van der Waals surface area contributed by atoms with Gasteiger partial charge in [-0.2, -0.15) is 5.10 Å². The number of aromatic nitrogens is 2. The second kappa shape index (κ2) is 9.96. The summed E-state index contributed by atoms with van der Waals surface area (Å²) in [6.07, 6.45) is 1.37. The molecule has 2 aromatic carbocycles. The van der Waals surface area contributed by atoms with Gasteiger partial charge in [0.05, 0.1) is 24.3 Å². The number of hydrogen-bond acceptors (Lipinski definition) is 6. The van der Waals surface area contributed by atoms with Gasteiger partial charge in [0, 0.05) is 39.4 Å². The Morgan fingerprint density at radius 3 is 2.38 bits per heavy atom. The molecule has 1 fully saturated rings. The summed E-state index contributed by atoms with van der Waals surface area (Å²) in [4.78, 5) is 15.5. The average Bonchev–Trinajstić information content (AvgIpc) is 3.22. The summed E-state index contributed by atoms with van der Waals surface area (Å²) in [5, 5.41) is 6.98. The van der Waals surface area contributed by atoms with Crippen molar-refractivity contribution in [2.45, 2.75) is 18.4 Å². The molecule has 0 saturated carbocycles. The number of carbonyl (C=O) groups is 1. The molecular weight excluding hydrogens is 454 g/mol. The van der Waals surface area contributed by atoms with Gasteiger partial charge in [-0.3, -0.25) is 18.7 Å². The lowest BCUT2D eigenvalue weighted by Gasteiger charge is -2.26. The van der Waals surface area contributed by atoms with Crippen LogP contribution in [0.1, 0.15) is 21.5 Å². The van der Waals surface area contributed by atoms with E-state index in [-0.39, 0.29) is 16.3 Å². The first-order valence-electron chi connectivity index (χ1n) is 11.0. The normalized spacial score (nSPS) is 14.7. The topological polar surface area (TPSA) is 96.8 Å². The molecule has 0 unspecified atom stereocenters. The van der Waals surface area contributed by atoms with E-state index in [1.807, 2.05) is 31.2 Å². The number of nitrogens with zero attached hydrogens (tertiary/aromatic N) is 4. The van der Waals surface area contributed by atoms with Gasteiger partial charge in [0.1, 0.15) is 5.56 Å². The molecule has 0 atom stereocenters. The third-order valence-corrected chi connectivity index (χ3v) is 7.61. The number of ether oxygens (including phenoxy) is 1. The standard InChI is InChI=1S/C24H29N5O4S/c1-18-4-10-21(11-5-18)34(31,32)28(3)24-22(16-25-27(24)2)23(30)26-20-8-6-19(7-9-20)17-29-12-14-33-15-13-29/h4-11,16H,12-15,17H2,1-3H3,(H,26,30). The molecule has 0 radical (unpaired) electrons. The van der Waals surface area contributed by atoms with Crippen LogP contribution in [0.15, 0.2) is 59.6 Å². The summed E-state index contributed by atoms with van der Waals surface area (Å²) in [5.74, 6) is -0.253. The minimum absolute atomic E-state index is 0.143. The minimum atomic E-state index is -3.87. The molecule has 1 aromatic heterocycles. The Hall–Kier alpha value is -3.21. The van der Waals surface area contributed by atoms with Crippen molar-refractivity contribution in [2.24, 2.45) is 7.05 Å². The Kier molecular flexibility index (Phi) is 7.01. The Bertz CT molecular complexity index is 1250. The number of rotatable bonds is 7. The fourth-order valence-electron chi connectivity index (χ4n) is 3.86. The first-order chi connectivity index (χ1) is 16.3. The predicted octanol–water partition coefficient (Wildman–Crippen LogP) is 2.64. The zero-order valence-corrected chi connectivity index (χ0v) is 20.4. The number of amides is 1. The van der Waals surface area contributed by atoms with Crippen LogP contribution in [0.2, 0.25) is 0 Å². The molecule has 1 saturated heterocycles. The first-order valence-corrected chi connectivity index (χ1v) is 12.5. The first kappa shape index (κ1) is 23.9. The van der Waals surface area contributed by atoms with Crippen LogP contribution < -0.4 is 9.62 Å². The third-order valence-electron chi connectivity index (χ3n) is 5.85. The van der Waals surface area contributed by atoms with E-state index in [0.29, 0.717) is 5.69 Å². The van der Waals surface area contributed by atoms with Gasteiger partial charge < -0.3 is 10.1 Å². The molecule has 1 amide bonds. The maximum atomic E-state index is 13.2. The second-order valence-electron chi connectivity index (χ2n) is 8.33. The van der Waals surface area contributed by atoms with E-state index in [2.05, 4.69) is 15.3 Å². The Morgan fingerprint density at radius 2 is 1.74 bits per heavy atom. The molecule has 4 rings (SSSR count). The number of aryl methyl sites for hydroxylation is 2. The predicted molar refractivity (Wildman–Crippen MR) is 130 cm³/mol. The van der Waals surface area contributed by atoms with Gasteiger partial charge in [0.2, 0.25) is 0 Å². The fraction of sp³-hybridized carbons (Fsp3) is 0.333. The Balaban J connectivity index is 1.50. The average molecular weight is 484 g/mol. The molecule has 2 heterocycles. The van der Waals surface area contributed by atoms with Crippen molar-refractivity contribution in [1.82, 2.24) is 14.7 Å². The Labute approximate surface area is 200 Å². The largest absolute Gasteiger partial charge is 0.379 e. The fourth-order valence-corrected chi connectivity index (χ4v) is 5.10. The monoisotopic (exact) mass is 483 g/mol. The van der Waals surface area contributed by atoms with Crippen LogP contribution in [0.3, 0.4) is 0 Å². The molecule has 10 heteroatoms. The maximum absolute atomic E-state index is 13.2. The lowest BCUT2D eigenvalue weighted by atomic mass is 10.2. The van der Waals surface area contributed by atoms with E-state index in [1.54, 1.807) is 31.3 Å². The lowest BCUT2D eigenvalue weighted by Crippen LogP contribution is -2.35. The van der Waals surface area contributed by atoms with E-state index >= 15 is 0 Å². The molecule has 9 nitrogen and oxygen atoms in total. The van der Waals surface area contributed by atoms with Crippen LogP contribution in [0.4, 0.5) is 11.5 Å². The zero-order valence-electron chi connectivity index (χ0n) is 19.6. The van der Waals surface area contributed by atoms with Gasteiger partial charge in [0.15, 0.2) is 5.82 Å².